The minimum absolute atomic E-state index is 0.197. The molecule has 108 valence electrons. The molecule has 2 N–H and O–H groups in total. The highest BCUT2D eigenvalue weighted by atomic mass is 16.5. The third kappa shape index (κ3) is 5.09. The van der Waals surface area contributed by atoms with Gasteiger partial charge in [-0.2, -0.15) is 0 Å². The van der Waals surface area contributed by atoms with Gasteiger partial charge in [0.05, 0.1) is 13.2 Å². The smallest absolute Gasteiger partial charge is 0.328 e. The van der Waals surface area contributed by atoms with Crippen LogP contribution in [0.25, 0.3) is 0 Å². The summed E-state index contributed by atoms with van der Waals surface area (Å²) < 4.78 is 4.76. The van der Waals surface area contributed by atoms with E-state index in [9.17, 15) is 14.4 Å². The third-order valence-corrected chi connectivity index (χ3v) is 2.46. The number of nitrogens with one attached hydrogen (secondary N) is 2. The van der Waals surface area contributed by atoms with Gasteiger partial charge >= 0.3 is 5.97 Å². The van der Waals surface area contributed by atoms with Crippen LogP contribution in [0.1, 0.15) is 24.2 Å². The molecule has 0 fully saturated rings. The van der Waals surface area contributed by atoms with Crippen LogP contribution in [0.5, 0.6) is 0 Å². The molecule has 0 radical (unpaired) electrons. The lowest BCUT2D eigenvalue weighted by Crippen LogP contribution is -2.44. The lowest BCUT2D eigenvalue weighted by atomic mass is 10.2. The fraction of sp³-hybridized carbons (Fsp3) is 0.357. The monoisotopic (exact) mass is 278 g/mol. The Balaban J connectivity index is 2.37. The van der Waals surface area contributed by atoms with Crippen LogP contribution in [0.2, 0.25) is 0 Å². The van der Waals surface area contributed by atoms with E-state index in [-0.39, 0.29) is 19.1 Å². The number of rotatable bonds is 6. The Kier molecular flexibility index (Phi) is 6.22. The van der Waals surface area contributed by atoms with Gasteiger partial charge in [-0.1, -0.05) is 18.2 Å². The van der Waals surface area contributed by atoms with E-state index in [1.807, 2.05) is 0 Å². The average Bonchev–Trinajstić information content (AvgIpc) is 2.45. The minimum Gasteiger partial charge on any atom is -0.464 e. The van der Waals surface area contributed by atoms with Crippen LogP contribution in [-0.2, 0) is 14.3 Å². The maximum atomic E-state index is 11.7. The molecule has 0 spiro atoms. The number of hydrogen-bond acceptors (Lipinski definition) is 4. The highest BCUT2D eigenvalue weighted by molar-refractivity contribution is 5.96. The topological polar surface area (TPSA) is 84.5 Å². The SMILES string of the molecule is CCOC(=O)C(C)NC(=O)CNC(=O)c1ccccc1. The molecule has 6 heteroatoms. The van der Waals surface area contributed by atoms with Crippen molar-refractivity contribution in [3.8, 4) is 0 Å². The first-order chi connectivity index (χ1) is 9.54. The summed E-state index contributed by atoms with van der Waals surface area (Å²) in [6.07, 6.45) is 0. The van der Waals surface area contributed by atoms with Crippen LogP contribution < -0.4 is 10.6 Å². The number of ether oxygens (including phenoxy) is 1. The van der Waals surface area contributed by atoms with Gasteiger partial charge in [0.2, 0.25) is 5.91 Å². The van der Waals surface area contributed by atoms with E-state index in [0.717, 1.165) is 0 Å². The predicted octanol–water partition coefficient (Wildman–Crippen LogP) is 0.484. The largest absolute Gasteiger partial charge is 0.464 e. The Labute approximate surface area is 117 Å². The highest BCUT2D eigenvalue weighted by Crippen LogP contribution is 1.97. The van der Waals surface area contributed by atoms with Gasteiger partial charge in [0.1, 0.15) is 6.04 Å². The fourth-order valence-electron chi connectivity index (χ4n) is 1.47. The van der Waals surface area contributed by atoms with Crippen molar-refractivity contribution in [2.24, 2.45) is 0 Å². The molecule has 1 atom stereocenters. The van der Waals surface area contributed by atoms with Crippen LogP contribution in [0, 0.1) is 0 Å². The summed E-state index contributed by atoms with van der Waals surface area (Å²) in [4.78, 5) is 34.6. The second kappa shape index (κ2) is 7.93. The van der Waals surface area contributed by atoms with Gasteiger partial charge in [-0.25, -0.2) is 4.79 Å². The van der Waals surface area contributed by atoms with Gasteiger partial charge in [0, 0.05) is 5.56 Å². The van der Waals surface area contributed by atoms with Gasteiger partial charge in [-0.3, -0.25) is 9.59 Å². The van der Waals surface area contributed by atoms with Crippen LogP contribution in [0.15, 0.2) is 30.3 Å². The second-order valence-electron chi connectivity index (χ2n) is 4.09. The summed E-state index contributed by atoms with van der Waals surface area (Å²) in [5, 5.41) is 4.91. The molecule has 0 bridgehead atoms. The summed E-state index contributed by atoms with van der Waals surface area (Å²) >= 11 is 0. The first-order valence-corrected chi connectivity index (χ1v) is 6.33. The van der Waals surface area contributed by atoms with Crippen molar-refractivity contribution in [2.75, 3.05) is 13.2 Å². The molecule has 1 aromatic rings. The Morgan fingerprint density at radius 2 is 1.85 bits per heavy atom. The van der Waals surface area contributed by atoms with Crippen molar-refractivity contribution in [3.05, 3.63) is 35.9 Å². The van der Waals surface area contributed by atoms with Crippen molar-refractivity contribution < 1.29 is 19.1 Å². The van der Waals surface area contributed by atoms with E-state index in [1.165, 1.54) is 6.92 Å². The molecule has 6 nitrogen and oxygen atoms in total. The zero-order valence-electron chi connectivity index (χ0n) is 11.5. The van der Waals surface area contributed by atoms with E-state index in [0.29, 0.717) is 5.56 Å². The Hall–Kier alpha value is -2.37. The first-order valence-electron chi connectivity index (χ1n) is 6.33. The molecule has 20 heavy (non-hydrogen) atoms. The molecule has 1 rings (SSSR count). The van der Waals surface area contributed by atoms with Crippen LogP contribution >= 0.6 is 0 Å². The summed E-state index contributed by atoms with van der Waals surface area (Å²) in [6, 6.07) is 7.82. The molecule has 0 heterocycles. The van der Waals surface area contributed by atoms with Gasteiger partial charge in [0.25, 0.3) is 5.91 Å². The van der Waals surface area contributed by atoms with Gasteiger partial charge < -0.3 is 15.4 Å². The zero-order chi connectivity index (χ0) is 15.0. The second-order valence-corrected chi connectivity index (χ2v) is 4.09. The van der Waals surface area contributed by atoms with E-state index in [2.05, 4.69) is 10.6 Å². The molecular formula is C14H18N2O4. The molecule has 0 saturated carbocycles. The molecule has 0 aliphatic heterocycles. The number of esters is 1. The van der Waals surface area contributed by atoms with Crippen molar-refractivity contribution in [1.29, 1.82) is 0 Å². The minimum atomic E-state index is -0.740. The molecule has 1 aromatic carbocycles. The fourth-order valence-corrected chi connectivity index (χ4v) is 1.47. The number of carbonyl (C=O) groups excluding carboxylic acids is 3. The molecule has 1 unspecified atom stereocenters. The molecule has 0 aromatic heterocycles. The highest BCUT2D eigenvalue weighted by Gasteiger charge is 2.16. The average molecular weight is 278 g/mol. The summed E-state index contributed by atoms with van der Waals surface area (Å²) in [6.45, 7) is 3.27. The number of carbonyl (C=O) groups is 3. The number of benzene rings is 1. The van der Waals surface area contributed by atoms with Crippen molar-refractivity contribution in [2.45, 2.75) is 19.9 Å². The van der Waals surface area contributed by atoms with Crippen molar-refractivity contribution in [1.82, 2.24) is 10.6 Å². The maximum absolute atomic E-state index is 11.7. The molecule has 2 amide bonds. The number of amides is 2. The van der Waals surface area contributed by atoms with E-state index >= 15 is 0 Å². The summed E-state index contributed by atoms with van der Waals surface area (Å²) in [7, 11) is 0. The Morgan fingerprint density at radius 1 is 1.20 bits per heavy atom. The molecular weight excluding hydrogens is 260 g/mol. The third-order valence-electron chi connectivity index (χ3n) is 2.46. The van der Waals surface area contributed by atoms with E-state index in [4.69, 9.17) is 4.74 Å². The van der Waals surface area contributed by atoms with Crippen LogP contribution in [0.4, 0.5) is 0 Å². The van der Waals surface area contributed by atoms with Crippen LogP contribution in [-0.4, -0.2) is 37.0 Å². The lowest BCUT2D eigenvalue weighted by Gasteiger charge is -2.12. The van der Waals surface area contributed by atoms with E-state index in [1.54, 1.807) is 37.3 Å². The van der Waals surface area contributed by atoms with Crippen molar-refractivity contribution >= 4 is 17.8 Å². The first kappa shape index (κ1) is 15.7. The van der Waals surface area contributed by atoms with Gasteiger partial charge in [-0.05, 0) is 26.0 Å². The maximum Gasteiger partial charge on any atom is 0.328 e. The van der Waals surface area contributed by atoms with Crippen LogP contribution in [0.3, 0.4) is 0 Å². The molecule has 0 aliphatic rings. The number of hydrogen-bond donors (Lipinski definition) is 2. The lowest BCUT2D eigenvalue weighted by molar-refractivity contribution is -0.146. The van der Waals surface area contributed by atoms with E-state index < -0.39 is 17.9 Å². The van der Waals surface area contributed by atoms with Gasteiger partial charge in [0.15, 0.2) is 0 Å². The summed E-state index contributed by atoms with van der Waals surface area (Å²) in [5.41, 5.74) is 0.471. The van der Waals surface area contributed by atoms with Crippen molar-refractivity contribution in [3.63, 3.8) is 0 Å². The van der Waals surface area contributed by atoms with Gasteiger partial charge in [-0.15, -0.1) is 0 Å². The Morgan fingerprint density at radius 3 is 2.45 bits per heavy atom. The standard InChI is InChI=1S/C14H18N2O4/c1-3-20-14(19)10(2)16-12(17)9-15-13(18)11-7-5-4-6-8-11/h4-8,10H,3,9H2,1-2H3,(H,15,18)(H,16,17). The molecule has 0 saturated heterocycles. The zero-order valence-corrected chi connectivity index (χ0v) is 11.5. The quantitative estimate of drug-likeness (QED) is 0.741. The summed E-state index contributed by atoms with van der Waals surface area (Å²) in [5.74, 6) is -1.30. The predicted molar refractivity (Wildman–Crippen MR) is 73.0 cm³/mol. The molecule has 0 aliphatic carbocycles. The Bertz CT molecular complexity index is 473. The normalized spacial score (nSPS) is 11.3.